The second-order valence-corrected chi connectivity index (χ2v) is 21.8. The van der Waals surface area contributed by atoms with Crippen molar-refractivity contribution >= 4 is 21.6 Å². The number of rotatable bonds is 42. The van der Waals surface area contributed by atoms with E-state index >= 15 is 0 Å². The SMILES string of the molecule is C1=CSSC1.CCCCCCCCCC.CCCCCCCCCC.CCCCCCCCCC.CCCCCCCCCC.CCCCCCCCCC.CCCCCCCCCC. The summed E-state index contributed by atoms with van der Waals surface area (Å²) in [5.41, 5.74) is 0. The van der Waals surface area contributed by atoms with E-state index in [1.807, 2.05) is 21.6 Å². The zero-order valence-corrected chi connectivity index (χ0v) is 50.3. The topological polar surface area (TPSA) is 0 Å². The van der Waals surface area contributed by atoms with Crippen LogP contribution in [-0.4, -0.2) is 5.75 Å². The van der Waals surface area contributed by atoms with Crippen LogP contribution in [0.4, 0.5) is 0 Å². The smallest absolute Gasteiger partial charge is 0.0229 e. The number of unbranched alkanes of at least 4 members (excludes halogenated alkanes) is 42. The molecule has 0 unspecified atom stereocenters. The summed E-state index contributed by atoms with van der Waals surface area (Å²) in [5, 5.41) is 2.12. The van der Waals surface area contributed by atoms with E-state index in [4.69, 9.17) is 0 Å². The summed E-state index contributed by atoms with van der Waals surface area (Å²) in [6.45, 7) is 27.2. The van der Waals surface area contributed by atoms with Crippen molar-refractivity contribution in [2.75, 3.05) is 5.75 Å². The predicted molar refractivity (Wildman–Crippen MR) is 319 cm³/mol. The molecule has 0 saturated heterocycles. The van der Waals surface area contributed by atoms with Crippen LogP contribution in [0.2, 0.25) is 0 Å². The Morgan fingerprint density at radius 1 is 0.200 bits per heavy atom. The van der Waals surface area contributed by atoms with Crippen LogP contribution in [0.3, 0.4) is 0 Å². The van der Waals surface area contributed by atoms with Crippen molar-refractivity contribution in [1.82, 2.24) is 0 Å². The Balaban J connectivity index is -0.000000157. The fraction of sp³-hybridized carbons (Fsp3) is 0.968. The summed E-state index contributed by atoms with van der Waals surface area (Å²) >= 11 is 0. The fourth-order valence-electron chi connectivity index (χ4n) is 7.44. The van der Waals surface area contributed by atoms with E-state index in [0.29, 0.717) is 0 Å². The molecule has 1 aliphatic rings. The van der Waals surface area contributed by atoms with E-state index in [0.717, 1.165) is 0 Å². The normalized spacial score (nSPS) is 11.0. The van der Waals surface area contributed by atoms with Gasteiger partial charge in [0.25, 0.3) is 0 Å². The van der Waals surface area contributed by atoms with Crippen molar-refractivity contribution in [3.8, 4) is 0 Å². The quantitative estimate of drug-likeness (QED) is 0.0442. The average Bonchev–Trinajstić information content (AvgIpc) is 3.93. The summed E-state index contributed by atoms with van der Waals surface area (Å²) < 4.78 is 0. The molecule has 1 aliphatic heterocycles. The predicted octanol–water partition coefficient (Wildman–Crippen LogP) is 26.8. The first-order valence-corrected chi connectivity index (χ1v) is 33.3. The van der Waals surface area contributed by atoms with Gasteiger partial charge in [0.15, 0.2) is 0 Å². The van der Waals surface area contributed by atoms with E-state index in [1.54, 1.807) is 0 Å². The molecule has 0 N–H and O–H groups in total. The van der Waals surface area contributed by atoms with Crippen molar-refractivity contribution in [2.24, 2.45) is 0 Å². The third kappa shape index (κ3) is 112. The van der Waals surface area contributed by atoms with E-state index in [-0.39, 0.29) is 0 Å². The minimum atomic E-state index is 1.20. The van der Waals surface area contributed by atoms with Gasteiger partial charge in [-0.15, -0.1) is 0 Å². The molecule has 0 saturated carbocycles. The second-order valence-electron chi connectivity index (χ2n) is 19.5. The Morgan fingerprint density at radius 3 is 0.385 bits per heavy atom. The molecule has 0 aromatic carbocycles. The lowest BCUT2D eigenvalue weighted by molar-refractivity contribution is 0.585. The Kier molecular flexibility index (Phi) is 107. The summed E-state index contributed by atoms with van der Waals surface area (Å²) in [6.07, 6.45) is 70.9. The first kappa shape index (κ1) is 76.9. The molecule has 65 heavy (non-hydrogen) atoms. The molecule has 0 amide bonds. The van der Waals surface area contributed by atoms with Gasteiger partial charge in [-0.1, -0.05) is 419 Å². The van der Waals surface area contributed by atoms with Crippen molar-refractivity contribution in [1.29, 1.82) is 0 Å². The zero-order chi connectivity index (χ0) is 49.5. The maximum Gasteiger partial charge on any atom is 0.0229 e. The molecule has 2 heteroatoms. The first-order chi connectivity index (χ1) is 32.0. The molecule has 0 fully saturated rings. The van der Waals surface area contributed by atoms with Crippen molar-refractivity contribution in [3.63, 3.8) is 0 Å². The first-order valence-electron chi connectivity index (χ1n) is 30.9. The van der Waals surface area contributed by atoms with Crippen LogP contribution in [-0.2, 0) is 0 Å². The van der Waals surface area contributed by atoms with Gasteiger partial charge in [-0.2, -0.15) is 0 Å². The van der Waals surface area contributed by atoms with Gasteiger partial charge in [0.2, 0.25) is 0 Å². The zero-order valence-electron chi connectivity index (χ0n) is 48.6. The Morgan fingerprint density at radius 2 is 0.323 bits per heavy atom. The van der Waals surface area contributed by atoms with E-state index in [1.165, 1.54) is 314 Å². The van der Waals surface area contributed by atoms with E-state index in [9.17, 15) is 0 Å². The highest BCUT2D eigenvalue weighted by Crippen LogP contribution is 2.27. The van der Waals surface area contributed by atoms with E-state index in [2.05, 4.69) is 94.6 Å². The summed E-state index contributed by atoms with van der Waals surface area (Å²) in [6, 6.07) is 0. The third-order valence-corrected chi connectivity index (χ3v) is 14.0. The highest BCUT2D eigenvalue weighted by molar-refractivity contribution is 8.78. The lowest BCUT2D eigenvalue weighted by atomic mass is 10.1. The molecule has 0 radical (unpaired) electrons. The lowest BCUT2D eigenvalue weighted by Gasteiger charge is -1.97. The molecule has 0 atom stereocenters. The fourth-order valence-corrected chi connectivity index (χ4v) is 9.01. The van der Waals surface area contributed by atoms with Crippen LogP contribution in [0.1, 0.15) is 391 Å². The minimum absolute atomic E-state index is 1.20. The second kappa shape index (κ2) is 90.8. The molecule has 0 aromatic rings. The summed E-state index contributed by atoms with van der Waals surface area (Å²) in [4.78, 5) is 0. The van der Waals surface area contributed by atoms with Gasteiger partial charge in [-0.05, 0) is 5.41 Å². The summed E-state index contributed by atoms with van der Waals surface area (Å²) in [5.74, 6) is 1.20. The van der Waals surface area contributed by atoms with Crippen LogP contribution in [0.5, 0.6) is 0 Å². The summed E-state index contributed by atoms with van der Waals surface area (Å²) in [7, 11) is 3.69. The van der Waals surface area contributed by atoms with Crippen LogP contribution in [0.25, 0.3) is 0 Å². The molecule has 0 aromatic heterocycles. The molecule has 0 aliphatic carbocycles. The van der Waals surface area contributed by atoms with Gasteiger partial charge in [-0.3, -0.25) is 0 Å². The largest absolute Gasteiger partial charge is 0.0854 e. The number of hydrogen-bond donors (Lipinski definition) is 0. The van der Waals surface area contributed by atoms with Gasteiger partial charge in [-0.25, -0.2) is 0 Å². The van der Waals surface area contributed by atoms with E-state index < -0.39 is 0 Å². The maximum atomic E-state index is 2.27. The lowest BCUT2D eigenvalue weighted by Crippen LogP contribution is -1.77. The van der Waals surface area contributed by atoms with Crippen LogP contribution in [0, 0.1) is 0 Å². The molecular formula is C63H136S2. The Labute approximate surface area is 427 Å². The van der Waals surface area contributed by atoms with Crippen LogP contribution < -0.4 is 0 Å². The van der Waals surface area contributed by atoms with Gasteiger partial charge in [0.1, 0.15) is 0 Å². The number of hydrogen-bond acceptors (Lipinski definition) is 2. The highest BCUT2D eigenvalue weighted by Gasteiger charge is 1.92. The average molecular weight is 958 g/mol. The van der Waals surface area contributed by atoms with Gasteiger partial charge in [0.05, 0.1) is 0 Å². The molecule has 1 rings (SSSR count). The molecule has 400 valence electrons. The molecule has 0 spiro atoms. The molecular weight excluding hydrogens is 821 g/mol. The van der Waals surface area contributed by atoms with Crippen molar-refractivity contribution < 1.29 is 0 Å². The minimum Gasteiger partial charge on any atom is -0.0854 e. The maximum absolute atomic E-state index is 2.27. The van der Waals surface area contributed by atoms with Crippen molar-refractivity contribution in [3.05, 3.63) is 11.5 Å². The molecule has 1 heterocycles. The Bertz CT molecular complexity index is 481. The molecule has 0 bridgehead atoms. The van der Waals surface area contributed by atoms with Gasteiger partial charge < -0.3 is 0 Å². The van der Waals surface area contributed by atoms with Crippen molar-refractivity contribution in [2.45, 2.75) is 391 Å². The van der Waals surface area contributed by atoms with Gasteiger partial charge >= 0.3 is 0 Å². The van der Waals surface area contributed by atoms with Crippen LogP contribution in [0.15, 0.2) is 11.5 Å². The monoisotopic (exact) mass is 957 g/mol. The third-order valence-electron chi connectivity index (χ3n) is 12.1. The molecule has 0 nitrogen and oxygen atoms in total. The Hall–Kier alpha value is 0.440. The standard InChI is InChI=1S/6C10H22.C3H4S2/c6*1-3-5-7-9-10-8-6-4-2;1-2-4-5-3-1/h6*3-10H2,1-2H3;1-2H,3H2. The van der Waals surface area contributed by atoms with Gasteiger partial charge in [0, 0.05) is 5.75 Å². The van der Waals surface area contributed by atoms with Crippen LogP contribution >= 0.6 is 21.6 Å². The highest BCUT2D eigenvalue weighted by atomic mass is 33.1.